The predicted octanol–water partition coefficient (Wildman–Crippen LogP) is 7.82. The Kier molecular flexibility index (Phi) is 29.0. The number of hydrogen-bond acceptors (Lipinski definition) is 0. The molecule has 0 amide bonds. The first kappa shape index (κ1) is 28.0. The van der Waals surface area contributed by atoms with E-state index in [4.69, 9.17) is 0 Å². The molecule has 2 nitrogen and oxygen atoms in total. The number of nitrogens with zero attached hydrogens (tertiary/aromatic N) is 2. The van der Waals surface area contributed by atoms with Gasteiger partial charge < -0.3 is 10.6 Å². The van der Waals surface area contributed by atoms with Gasteiger partial charge in [0.1, 0.15) is 0 Å². The molecular formula is C23H42N2Zr. The van der Waals surface area contributed by atoms with E-state index in [-0.39, 0.29) is 23.2 Å². The van der Waals surface area contributed by atoms with Gasteiger partial charge in [0, 0.05) is 0 Å². The van der Waals surface area contributed by atoms with Crippen molar-refractivity contribution < 1.29 is 23.2 Å². The van der Waals surface area contributed by atoms with E-state index >= 15 is 0 Å². The Morgan fingerprint density at radius 1 is 0.962 bits per heavy atom. The average Bonchev–Trinajstić information content (AvgIpc) is 3.17. The molecule has 1 aliphatic carbocycles. The van der Waals surface area contributed by atoms with Crippen LogP contribution in [0, 0.1) is 0 Å². The van der Waals surface area contributed by atoms with Gasteiger partial charge >= 0.3 is 75.1 Å². The summed E-state index contributed by atoms with van der Waals surface area (Å²) in [6.07, 6.45) is 19.4. The molecule has 0 aromatic heterocycles. The molecule has 0 aliphatic heterocycles. The van der Waals surface area contributed by atoms with Crippen LogP contribution in [-0.2, 0) is 23.2 Å². The maximum absolute atomic E-state index is 4.16. The average molecular weight is 438 g/mol. The van der Waals surface area contributed by atoms with Gasteiger partial charge in [-0.2, -0.15) is 13.1 Å². The molecule has 0 saturated heterocycles. The predicted molar refractivity (Wildman–Crippen MR) is 118 cm³/mol. The molecule has 0 atom stereocenters. The van der Waals surface area contributed by atoms with Crippen molar-refractivity contribution in [2.75, 3.05) is 26.2 Å². The topological polar surface area (TPSA) is 28.2 Å². The van der Waals surface area contributed by atoms with Gasteiger partial charge in [0.05, 0.1) is 0 Å². The fraction of sp³-hybridized carbons (Fsp3) is 0.652. The minimum atomic E-state index is -0.0811. The summed E-state index contributed by atoms with van der Waals surface area (Å²) in [4.78, 5) is 0. The zero-order valence-corrected chi connectivity index (χ0v) is 20.1. The molecule has 0 heterocycles. The number of hydrogen-bond donors (Lipinski definition) is 0. The van der Waals surface area contributed by atoms with Crippen LogP contribution in [0.25, 0.3) is 10.6 Å². The molecule has 0 unspecified atom stereocenters. The van der Waals surface area contributed by atoms with Crippen molar-refractivity contribution in [3.05, 3.63) is 57.5 Å². The van der Waals surface area contributed by atoms with Gasteiger partial charge in [-0.1, -0.05) is 38.8 Å². The van der Waals surface area contributed by atoms with Crippen molar-refractivity contribution in [3.63, 3.8) is 0 Å². The summed E-state index contributed by atoms with van der Waals surface area (Å²) in [5, 5.41) is 8.32. The van der Waals surface area contributed by atoms with Crippen LogP contribution in [-0.4, -0.2) is 26.2 Å². The zero-order valence-electron chi connectivity index (χ0n) is 17.7. The van der Waals surface area contributed by atoms with Gasteiger partial charge in [0.15, 0.2) is 0 Å². The van der Waals surface area contributed by atoms with Crippen molar-refractivity contribution in [3.8, 4) is 0 Å². The van der Waals surface area contributed by atoms with Crippen LogP contribution < -0.4 is 0 Å². The van der Waals surface area contributed by atoms with Gasteiger partial charge in [-0.15, -0.1) is 26.2 Å². The van der Waals surface area contributed by atoms with Crippen LogP contribution in [0.1, 0.15) is 65.7 Å². The number of allylic oxidation sites excluding steroid dienone is 6. The second-order valence-corrected chi connectivity index (χ2v) is 9.67. The van der Waals surface area contributed by atoms with E-state index in [0.29, 0.717) is 0 Å². The van der Waals surface area contributed by atoms with Gasteiger partial charge in [-0.3, -0.25) is 0 Å². The van der Waals surface area contributed by atoms with Crippen LogP contribution in [0.5, 0.6) is 0 Å². The van der Waals surface area contributed by atoms with E-state index in [1.807, 2.05) is 12.2 Å². The third kappa shape index (κ3) is 26.0. The van der Waals surface area contributed by atoms with Crippen molar-refractivity contribution in [2.45, 2.75) is 69.8 Å². The Morgan fingerprint density at radius 2 is 1.54 bits per heavy atom. The van der Waals surface area contributed by atoms with Crippen LogP contribution in [0.3, 0.4) is 0 Å². The molecule has 26 heavy (non-hydrogen) atoms. The molecule has 1 aliphatic rings. The molecule has 3 heteroatoms. The molecule has 0 N–H and O–H groups in total. The van der Waals surface area contributed by atoms with Gasteiger partial charge in [-0.25, -0.2) is 0 Å². The molecule has 148 valence electrons. The van der Waals surface area contributed by atoms with E-state index in [1.165, 1.54) is 19.3 Å². The first-order valence-corrected chi connectivity index (χ1v) is 13.3. The van der Waals surface area contributed by atoms with Gasteiger partial charge in [0.25, 0.3) is 0 Å². The Balaban J connectivity index is 0. The van der Waals surface area contributed by atoms with Crippen LogP contribution >= 0.6 is 0 Å². The van der Waals surface area contributed by atoms with E-state index in [9.17, 15) is 0 Å². The summed E-state index contributed by atoms with van der Waals surface area (Å²) >= 11 is -0.0811. The Bertz CT molecular complexity index is 332. The minimum absolute atomic E-state index is 0.0811. The van der Waals surface area contributed by atoms with E-state index in [1.54, 1.807) is 7.41 Å². The summed E-state index contributed by atoms with van der Waals surface area (Å²) in [5.74, 6) is 0. The van der Waals surface area contributed by atoms with Crippen molar-refractivity contribution in [1.29, 1.82) is 0 Å². The van der Waals surface area contributed by atoms with E-state index < -0.39 is 0 Å². The van der Waals surface area contributed by atoms with Crippen molar-refractivity contribution in [1.82, 2.24) is 0 Å². The Labute approximate surface area is 176 Å². The molecule has 0 spiro atoms. The summed E-state index contributed by atoms with van der Waals surface area (Å²) in [6, 6.07) is 0. The normalized spacial score (nSPS) is 11.4. The number of unbranched alkanes of at least 4 members (excludes halogenated alkanes) is 3. The van der Waals surface area contributed by atoms with Crippen molar-refractivity contribution >= 4 is 0 Å². The summed E-state index contributed by atoms with van der Waals surface area (Å²) in [5.41, 5.74) is 0. The summed E-state index contributed by atoms with van der Waals surface area (Å²) in [6.45, 7) is 17.6. The second kappa shape index (κ2) is 27.0. The summed E-state index contributed by atoms with van der Waals surface area (Å²) < 4.78 is 3.34. The molecule has 1 rings (SSSR count). The molecule has 0 saturated carbocycles. The molecule has 0 aromatic carbocycles. The van der Waals surface area contributed by atoms with Gasteiger partial charge in [0.2, 0.25) is 0 Å². The Morgan fingerprint density at radius 3 is 1.92 bits per heavy atom. The maximum atomic E-state index is 4.16. The fourth-order valence-corrected chi connectivity index (χ4v) is 5.28. The van der Waals surface area contributed by atoms with E-state index in [2.05, 4.69) is 62.8 Å². The molecule has 0 aromatic rings. The quantitative estimate of drug-likeness (QED) is 0.196. The third-order valence-corrected chi connectivity index (χ3v) is 7.06. The van der Waals surface area contributed by atoms with Crippen LogP contribution in [0.4, 0.5) is 0 Å². The van der Waals surface area contributed by atoms with E-state index in [0.717, 1.165) is 51.9 Å². The molecular weight excluding hydrogens is 395 g/mol. The zero-order chi connectivity index (χ0) is 19.7. The first-order valence-electron chi connectivity index (χ1n) is 10.3. The molecule has 0 fully saturated rings. The molecule has 0 bridgehead atoms. The fourth-order valence-electron chi connectivity index (χ4n) is 2.02. The van der Waals surface area contributed by atoms with Crippen LogP contribution in [0.15, 0.2) is 46.8 Å². The van der Waals surface area contributed by atoms with Gasteiger partial charge in [-0.05, 0) is 12.8 Å². The Hall–Kier alpha value is -0.237. The SMILES string of the molecule is C=CCCC[N-]CC.C=CCCC[N-]CC.CCC[CH2][Zr+2][C]1=CC=CC1. The van der Waals surface area contributed by atoms with Crippen LogP contribution in [0.2, 0.25) is 4.13 Å². The summed E-state index contributed by atoms with van der Waals surface area (Å²) in [7, 11) is 0. The monoisotopic (exact) mass is 436 g/mol. The van der Waals surface area contributed by atoms with Crippen molar-refractivity contribution in [2.24, 2.45) is 0 Å². The molecule has 0 radical (unpaired) electrons. The number of rotatable bonds is 14. The standard InChI is InChI=1S/2C7H14N.C5H5.C4H9.Zr/c2*1-3-5-6-7-8-4-2;1-2-4-5-3-1;1-3-4-2;/h2*3H,1,4-7H2,2H3;1-3H,4H2;1,3-4H2,2H3;/q2*-1;;;+2. The second-order valence-electron chi connectivity index (χ2n) is 5.99. The first-order chi connectivity index (χ1) is 12.8. The third-order valence-electron chi connectivity index (χ3n) is 3.55.